The van der Waals surface area contributed by atoms with Gasteiger partial charge in [-0.3, -0.25) is 4.79 Å². The van der Waals surface area contributed by atoms with Crippen molar-refractivity contribution in [2.75, 3.05) is 11.1 Å². The predicted octanol–water partition coefficient (Wildman–Crippen LogP) is 5.23. The lowest BCUT2D eigenvalue weighted by Crippen LogP contribution is -2.15. The van der Waals surface area contributed by atoms with Gasteiger partial charge in [0, 0.05) is 20.2 Å². The van der Waals surface area contributed by atoms with E-state index in [9.17, 15) is 4.79 Å². The predicted molar refractivity (Wildman–Crippen MR) is 99.5 cm³/mol. The van der Waals surface area contributed by atoms with Gasteiger partial charge in [-0.1, -0.05) is 24.6 Å². The molecule has 0 unspecified atom stereocenters. The third kappa shape index (κ3) is 3.20. The van der Waals surface area contributed by atoms with Gasteiger partial charge >= 0.3 is 0 Å². The Bertz CT molecular complexity index is 725. The van der Waals surface area contributed by atoms with Crippen molar-refractivity contribution in [1.82, 2.24) is 0 Å². The third-order valence-electron chi connectivity index (χ3n) is 3.65. The van der Waals surface area contributed by atoms with Crippen LogP contribution in [-0.4, -0.2) is 5.91 Å². The fraction of sp³-hybridized carbons (Fsp3) is 0.235. The van der Waals surface area contributed by atoms with Crippen molar-refractivity contribution < 1.29 is 4.79 Å². The van der Waals surface area contributed by atoms with Gasteiger partial charge in [0.15, 0.2) is 0 Å². The standard InChI is InChI=1S/C17H18Br2N2O/c1-4-12-14(19)15(20)13(18)10(3)16(12)21-17(22)11-7-5-9(2)6-8-11/h5-8H,4,20H2,1-3H3,(H,21,22). The van der Waals surface area contributed by atoms with Crippen molar-refractivity contribution in [2.24, 2.45) is 0 Å². The Kier molecular flexibility index (Phi) is 5.29. The molecule has 0 fully saturated rings. The van der Waals surface area contributed by atoms with Gasteiger partial charge in [0.2, 0.25) is 0 Å². The zero-order valence-electron chi connectivity index (χ0n) is 12.8. The zero-order chi connectivity index (χ0) is 16.4. The average Bonchev–Trinajstić information content (AvgIpc) is 2.51. The molecule has 0 atom stereocenters. The summed E-state index contributed by atoms with van der Waals surface area (Å²) >= 11 is 7.02. The number of aryl methyl sites for hydroxylation is 1. The van der Waals surface area contributed by atoms with Gasteiger partial charge in [-0.2, -0.15) is 0 Å². The molecule has 2 rings (SSSR count). The molecule has 116 valence electrons. The molecule has 0 saturated carbocycles. The molecule has 0 aliphatic rings. The fourth-order valence-corrected chi connectivity index (χ4v) is 3.64. The van der Waals surface area contributed by atoms with E-state index in [2.05, 4.69) is 37.2 Å². The summed E-state index contributed by atoms with van der Waals surface area (Å²) in [6.07, 6.45) is 0.766. The van der Waals surface area contributed by atoms with Crippen molar-refractivity contribution in [2.45, 2.75) is 27.2 Å². The number of rotatable bonds is 3. The molecule has 0 aromatic heterocycles. The highest BCUT2D eigenvalue weighted by molar-refractivity contribution is 9.11. The Balaban J connectivity index is 2.45. The van der Waals surface area contributed by atoms with Crippen LogP contribution in [0.3, 0.4) is 0 Å². The monoisotopic (exact) mass is 424 g/mol. The Morgan fingerprint density at radius 2 is 1.73 bits per heavy atom. The Labute approximate surface area is 147 Å². The van der Waals surface area contributed by atoms with Crippen LogP contribution in [0, 0.1) is 13.8 Å². The van der Waals surface area contributed by atoms with Gasteiger partial charge < -0.3 is 11.1 Å². The number of carbonyl (C=O) groups is 1. The maximum Gasteiger partial charge on any atom is 0.255 e. The van der Waals surface area contributed by atoms with Gasteiger partial charge in [-0.05, 0) is 75.4 Å². The first kappa shape index (κ1) is 17.0. The largest absolute Gasteiger partial charge is 0.397 e. The molecule has 0 aliphatic carbocycles. The van der Waals surface area contributed by atoms with Crippen LogP contribution in [0.15, 0.2) is 33.2 Å². The van der Waals surface area contributed by atoms with Gasteiger partial charge in [-0.25, -0.2) is 0 Å². The zero-order valence-corrected chi connectivity index (χ0v) is 15.9. The average molecular weight is 426 g/mol. The summed E-state index contributed by atoms with van der Waals surface area (Å²) < 4.78 is 1.63. The quantitative estimate of drug-likeness (QED) is 0.661. The first-order chi connectivity index (χ1) is 10.4. The van der Waals surface area contributed by atoms with E-state index in [1.165, 1.54) is 0 Å². The molecule has 0 heterocycles. The van der Waals surface area contributed by atoms with Crippen LogP contribution < -0.4 is 11.1 Å². The van der Waals surface area contributed by atoms with Crippen LogP contribution in [0.1, 0.15) is 34.0 Å². The maximum atomic E-state index is 12.5. The fourth-order valence-electron chi connectivity index (χ4n) is 2.30. The summed E-state index contributed by atoms with van der Waals surface area (Å²) in [6, 6.07) is 7.51. The van der Waals surface area contributed by atoms with Gasteiger partial charge in [0.05, 0.1) is 5.69 Å². The van der Waals surface area contributed by atoms with E-state index in [-0.39, 0.29) is 5.91 Å². The molecule has 3 nitrogen and oxygen atoms in total. The normalized spacial score (nSPS) is 10.6. The highest BCUT2D eigenvalue weighted by Gasteiger charge is 2.18. The number of nitrogen functional groups attached to an aromatic ring is 1. The third-order valence-corrected chi connectivity index (χ3v) is 5.58. The van der Waals surface area contributed by atoms with E-state index < -0.39 is 0 Å². The van der Waals surface area contributed by atoms with E-state index in [1.807, 2.05) is 45.0 Å². The lowest BCUT2D eigenvalue weighted by atomic mass is 10.0. The number of nitrogens with one attached hydrogen (secondary N) is 1. The van der Waals surface area contributed by atoms with E-state index in [4.69, 9.17) is 5.73 Å². The topological polar surface area (TPSA) is 55.1 Å². The number of halogens is 2. The Morgan fingerprint density at radius 1 is 1.14 bits per heavy atom. The van der Waals surface area contributed by atoms with E-state index in [0.29, 0.717) is 11.3 Å². The number of nitrogens with two attached hydrogens (primary N) is 1. The van der Waals surface area contributed by atoms with Crippen molar-refractivity contribution in [3.05, 3.63) is 55.5 Å². The van der Waals surface area contributed by atoms with Crippen LogP contribution in [0.4, 0.5) is 11.4 Å². The Hall–Kier alpha value is -1.33. The van der Waals surface area contributed by atoms with Crippen molar-refractivity contribution in [3.8, 4) is 0 Å². The van der Waals surface area contributed by atoms with Crippen molar-refractivity contribution in [1.29, 1.82) is 0 Å². The number of hydrogen-bond donors (Lipinski definition) is 2. The highest BCUT2D eigenvalue weighted by Crippen LogP contribution is 2.40. The summed E-state index contributed by atoms with van der Waals surface area (Å²) in [5.74, 6) is -0.124. The minimum Gasteiger partial charge on any atom is -0.397 e. The van der Waals surface area contributed by atoms with Crippen molar-refractivity contribution >= 4 is 49.1 Å². The summed E-state index contributed by atoms with van der Waals surface area (Å²) in [5, 5.41) is 3.02. The summed E-state index contributed by atoms with van der Waals surface area (Å²) in [4.78, 5) is 12.5. The smallest absolute Gasteiger partial charge is 0.255 e. The minimum atomic E-state index is -0.124. The van der Waals surface area contributed by atoms with Crippen LogP contribution in [-0.2, 0) is 6.42 Å². The molecule has 0 spiro atoms. The second kappa shape index (κ2) is 6.84. The highest BCUT2D eigenvalue weighted by atomic mass is 79.9. The van der Waals surface area contributed by atoms with Crippen LogP contribution in [0.25, 0.3) is 0 Å². The van der Waals surface area contributed by atoms with Crippen molar-refractivity contribution in [3.63, 3.8) is 0 Å². The van der Waals surface area contributed by atoms with E-state index >= 15 is 0 Å². The lowest BCUT2D eigenvalue weighted by molar-refractivity contribution is 0.102. The number of benzene rings is 2. The van der Waals surface area contributed by atoms with Gasteiger partial charge in [0.25, 0.3) is 5.91 Å². The molecule has 0 radical (unpaired) electrons. The van der Waals surface area contributed by atoms with Crippen LogP contribution >= 0.6 is 31.9 Å². The Morgan fingerprint density at radius 3 is 2.27 bits per heavy atom. The van der Waals surface area contributed by atoms with Crippen LogP contribution in [0.5, 0.6) is 0 Å². The minimum absolute atomic E-state index is 0.124. The van der Waals surface area contributed by atoms with Gasteiger partial charge in [-0.15, -0.1) is 0 Å². The second-order valence-electron chi connectivity index (χ2n) is 5.19. The number of amides is 1. The number of anilines is 2. The maximum absolute atomic E-state index is 12.5. The summed E-state index contributed by atoms with van der Waals surface area (Å²) in [6.45, 7) is 5.97. The molecule has 2 aromatic carbocycles. The first-order valence-corrected chi connectivity index (χ1v) is 8.59. The first-order valence-electron chi connectivity index (χ1n) is 7.00. The number of carbonyl (C=O) groups excluding carboxylic acids is 1. The lowest BCUT2D eigenvalue weighted by Gasteiger charge is -2.18. The van der Waals surface area contributed by atoms with E-state index in [0.717, 1.165) is 37.7 Å². The van der Waals surface area contributed by atoms with E-state index in [1.54, 1.807) is 0 Å². The molecule has 5 heteroatoms. The molecule has 0 saturated heterocycles. The SMILES string of the molecule is CCc1c(Br)c(N)c(Br)c(C)c1NC(=O)c1ccc(C)cc1. The molecule has 0 bridgehead atoms. The molecular weight excluding hydrogens is 408 g/mol. The summed E-state index contributed by atoms with van der Waals surface area (Å²) in [5.41, 5.74) is 11.2. The molecule has 22 heavy (non-hydrogen) atoms. The number of hydrogen-bond acceptors (Lipinski definition) is 2. The summed E-state index contributed by atoms with van der Waals surface area (Å²) in [7, 11) is 0. The molecule has 0 aliphatic heterocycles. The molecule has 1 amide bonds. The van der Waals surface area contributed by atoms with Gasteiger partial charge in [0.1, 0.15) is 0 Å². The molecule has 3 N–H and O–H groups in total. The van der Waals surface area contributed by atoms with Crippen LogP contribution in [0.2, 0.25) is 0 Å². The molecular formula is C17H18Br2N2O. The molecule has 2 aromatic rings. The second-order valence-corrected chi connectivity index (χ2v) is 6.78.